The van der Waals surface area contributed by atoms with Crippen LogP contribution in [-0.2, 0) is 10.0 Å². The van der Waals surface area contributed by atoms with Crippen LogP contribution in [0.4, 0.5) is 19.0 Å². The lowest BCUT2D eigenvalue weighted by Crippen LogP contribution is -2.34. The predicted molar refractivity (Wildman–Crippen MR) is 93.1 cm³/mol. The van der Waals surface area contributed by atoms with Gasteiger partial charge in [-0.3, -0.25) is 4.98 Å². The highest BCUT2D eigenvalue weighted by Gasteiger charge is 2.45. The summed E-state index contributed by atoms with van der Waals surface area (Å²) in [5.41, 5.74) is 0. The molecule has 0 spiro atoms. The molecule has 150 valence electrons. The summed E-state index contributed by atoms with van der Waals surface area (Å²) in [6.45, 7) is 1.72. The second kappa shape index (κ2) is 6.89. The SMILES string of the molecule is O=S(=O)(c1ccccc1OC(F)(F)F)N1CC2CN(c3cnccn3)CC2C1. The third-order valence-electron chi connectivity index (χ3n) is 5.02. The molecule has 11 heteroatoms. The van der Waals surface area contributed by atoms with Crippen molar-refractivity contribution in [2.45, 2.75) is 11.3 Å². The second-order valence-corrected chi connectivity index (χ2v) is 8.71. The Bertz CT molecular complexity index is 942. The van der Waals surface area contributed by atoms with E-state index in [1.54, 1.807) is 18.6 Å². The number of hydrogen-bond donors (Lipinski definition) is 0. The lowest BCUT2D eigenvalue weighted by Gasteiger charge is -2.23. The minimum absolute atomic E-state index is 0.0764. The molecule has 28 heavy (non-hydrogen) atoms. The van der Waals surface area contributed by atoms with Gasteiger partial charge in [-0.15, -0.1) is 13.2 Å². The lowest BCUT2D eigenvalue weighted by atomic mass is 10.0. The van der Waals surface area contributed by atoms with Gasteiger partial charge in [0.05, 0.1) is 6.20 Å². The summed E-state index contributed by atoms with van der Waals surface area (Å²) < 4.78 is 69.0. The van der Waals surface area contributed by atoms with E-state index in [1.807, 2.05) is 4.90 Å². The van der Waals surface area contributed by atoms with E-state index in [0.29, 0.717) is 13.1 Å². The first-order valence-corrected chi connectivity index (χ1v) is 10.0. The Morgan fingerprint density at radius 3 is 2.32 bits per heavy atom. The van der Waals surface area contributed by atoms with E-state index in [1.165, 1.54) is 16.4 Å². The molecule has 0 bridgehead atoms. The molecule has 3 heterocycles. The zero-order valence-corrected chi connectivity index (χ0v) is 15.4. The van der Waals surface area contributed by atoms with Crippen LogP contribution in [-0.4, -0.2) is 55.2 Å². The van der Waals surface area contributed by atoms with Gasteiger partial charge in [0.2, 0.25) is 10.0 Å². The molecule has 0 radical (unpaired) electrons. The van der Waals surface area contributed by atoms with Crippen LogP contribution in [0.2, 0.25) is 0 Å². The maximum Gasteiger partial charge on any atom is 0.573 e. The molecule has 2 saturated heterocycles. The van der Waals surface area contributed by atoms with Gasteiger partial charge in [0.25, 0.3) is 0 Å². The van der Waals surface area contributed by atoms with E-state index in [0.717, 1.165) is 18.0 Å². The highest BCUT2D eigenvalue weighted by molar-refractivity contribution is 7.89. The second-order valence-electron chi connectivity index (χ2n) is 6.81. The molecule has 0 saturated carbocycles. The van der Waals surface area contributed by atoms with E-state index < -0.39 is 27.0 Å². The molecule has 2 atom stereocenters. The number of anilines is 1. The number of sulfonamides is 1. The zero-order valence-electron chi connectivity index (χ0n) is 14.6. The number of halogens is 3. The third kappa shape index (κ3) is 3.63. The standard InChI is InChI=1S/C17H17F3N4O3S/c18-17(19,20)27-14-3-1-2-4-15(14)28(25,26)24-10-12-8-23(9-13(12)11-24)16-7-21-5-6-22-16/h1-7,12-13H,8-11H2. The Hall–Kier alpha value is -2.40. The number of rotatable bonds is 4. The molecule has 2 fully saturated rings. The molecular formula is C17H17F3N4O3S. The van der Waals surface area contributed by atoms with Gasteiger partial charge >= 0.3 is 6.36 Å². The van der Waals surface area contributed by atoms with Crippen molar-refractivity contribution in [3.8, 4) is 5.75 Å². The van der Waals surface area contributed by atoms with Crippen molar-refractivity contribution in [3.63, 3.8) is 0 Å². The molecule has 1 aromatic heterocycles. The van der Waals surface area contributed by atoms with Crippen molar-refractivity contribution in [2.24, 2.45) is 11.8 Å². The summed E-state index contributed by atoms with van der Waals surface area (Å²) in [5.74, 6) is 0.170. The maximum atomic E-state index is 13.0. The topological polar surface area (TPSA) is 75.6 Å². The van der Waals surface area contributed by atoms with Crippen LogP contribution in [0.25, 0.3) is 0 Å². The number of fused-ring (bicyclic) bond motifs is 1. The van der Waals surface area contributed by atoms with Gasteiger partial charge in [-0.1, -0.05) is 12.1 Å². The van der Waals surface area contributed by atoms with Crippen LogP contribution in [0.15, 0.2) is 47.8 Å². The van der Waals surface area contributed by atoms with Gasteiger partial charge in [-0.25, -0.2) is 13.4 Å². The van der Waals surface area contributed by atoms with Crippen molar-refractivity contribution in [3.05, 3.63) is 42.9 Å². The van der Waals surface area contributed by atoms with E-state index in [4.69, 9.17) is 0 Å². The fraction of sp³-hybridized carbons (Fsp3) is 0.412. The van der Waals surface area contributed by atoms with Crippen molar-refractivity contribution in [1.82, 2.24) is 14.3 Å². The zero-order chi connectivity index (χ0) is 19.9. The summed E-state index contributed by atoms with van der Waals surface area (Å²) >= 11 is 0. The quantitative estimate of drug-likeness (QED) is 0.763. The lowest BCUT2D eigenvalue weighted by molar-refractivity contribution is -0.275. The highest BCUT2D eigenvalue weighted by atomic mass is 32.2. The normalized spacial score (nSPS) is 23.0. The van der Waals surface area contributed by atoms with Crippen LogP contribution in [0.1, 0.15) is 0 Å². The number of benzene rings is 1. The molecular weight excluding hydrogens is 397 g/mol. The summed E-state index contributed by atoms with van der Waals surface area (Å²) in [5, 5.41) is 0. The van der Waals surface area contributed by atoms with Crippen LogP contribution in [0.5, 0.6) is 5.75 Å². The first-order chi connectivity index (χ1) is 13.2. The smallest absolute Gasteiger partial charge is 0.404 e. The number of nitrogens with zero attached hydrogens (tertiary/aromatic N) is 4. The van der Waals surface area contributed by atoms with Gasteiger partial charge in [0.1, 0.15) is 16.5 Å². The molecule has 0 aliphatic carbocycles. The average molecular weight is 414 g/mol. The Morgan fingerprint density at radius 1 is 1.04 bits per heavy atom. The van der Waals surface area contributed by atoms with Crippen molar-refractivity contribution < 1.29 is 26.3 Å². The van der Waals surface area contributed by atoms with Gasteiger partial charge in [0.15, 0.2) is 0 Å². The third-order valence-corrected chi connectivity index (χ3v) is 6.89. The minimum atomic E-state index is -4.97. The van der Waals surface area contributed by atoms with E-state index in [2.05, 4.69) is 14.7 Å². The van der Waals surface area contributed by atoms with E-state index in [-0.39, 0.29) is 24.9 Å². The Labute approximate surface area is 159 Å². The number of para-hydroxylation sites is 1. The molecule has 2 aliphatic heterocycles. The van der Waals surface area contributed by atoms with Gasteiger partial charge in [-0.2, -0.15) is 4.31 Å². The summed E-state index contributed by atoms with van der Waals surface area (Å²) in [7, 11) is -4.10. The van der Waals surface area contributed by atoms with Crippen LogP contribution in [0.3, 0.4) is 0 Å². The fourth-order valence-corrected chi connectivity index (χ4v) is 5.47. The Kier molecular flexibility index (Phi) is 4.66. The predicted octanol–water partition coefficient (Wildman–Crippen LogP) is 2.13. The van der Waals surface area contributed by atoms with Crippen molar-refractivity contribution in [1.29, 1.82) is 0 Å². The first kappa shape index (κ1) is 18.9. The summed E-state index contributed by atoms with van der Waals surface area (Å²) in [6, 6.07) is 4.82. The number of ether oxygens (including phenoxy) is 1. The average Bonchev–Trinajstić information content (AvgIpc) is 3.21. The summed E-state index contributed by atoms with van der Waals surface area (Å²) in [6.07, 6.45) is -0.141. The number of hydrogen-bond acceptors (Lipinski definition) is 6. The molecule has 2 aromatic rings. The molecule has 4 rings (SSSR count). The Balaban J connectivity index is 1.51. The Morgan fingerprint density at radius 2 is 1.71 bits per heavy atom. The molecule has 2 aliphatic rings. The minimum Gasteiger partial charge on any atom is -0.404 e. The monoisotopic (exact) mass is 414 g/mol. The van der Waals surface area contributed by atoms with Crippen LogP contribution < -0.4 is 9.64 Å². The molecule has 2 unspecified atom stereocenters. The van der Waals surface area contributed by atoms with Crippen molar-refractivity contribution in [2.75, 3.05) is 31.1 Å². The largest absolute Gasteiger partial charge is 0.573 e. The maximum absolute atomic E-state index is 13.0. The van der Waals surface area contributed by atoms with E-state index >= 15 is 0 Å². The molecule has 0 amide bonds. The highest BCUT2D eigenvalue weighted by Crippen LogP contribution is 2.38. The van der Waals surface area contributed by atoms with E-state index in [9.17, 15) is 21.6 Å². The summed E-state index contributed by atoms with van der Waals surface area (Å²) in [4.78, 5) is 9.87. The molecule has 1 aromatic carbocycles. The van der Waals surface area contributed by atoms with Gasteiger partial charge in [0, 0.05) is 38.6 Å². The molecule has 0 N–H and O–H groups in total. The fourth-order valence-electron chi connectivity index (χ4n) is 3.80. The van der Waals surface area contributed by atoms with Crippen molar-refractivity contribution >= 4 is 15.8 Å². The number of aromatic nitrogens is 2. The molecule has 7 nitrogen and oxygen atoms in total. The van der Waals surface area contributed by atoms with Crippen LogP contribution >= 0.6 is 0 Å². The number of alkyl halides is 3. The van der Waals surface area contributed by atoms with Gasteiger partial charge in [-0.05, 0) is 24.0 Å². The first-order valence-electron chi connectivity index (χ1n) is 8.60. The van der Waals surface area contributed by atoms with Crippen LogP contribution in [0, 0.1) is 11.8 Å². The van der Waals surface area contributed by atoms with Gasteiger partial charge < -0.3 is 9.64 Å².